The Balaban J connectivity index is 1.13. The number of cyclic esters (lactones) is 1. The van der Waals surface area contributed by atoms with E-state index in [0.717, 1.165) is 77.0 Å². The Morgan fingerprint density at radius 1 is 0.659 bits per heavy atom. The Morgan fingerprint density at radius 3 is 1.52 bits per heavy atom. The first-order valence-electron chi connectivity index (χ1n) is 18.6. The van der Waals surface area contributed by atoms with Crippen molar-refractivity contribution in [2.75, 3.05) is 0 Å². The molecule has 3 N–H and O–H groups in total. The molecule has 3 rings (SSSR count). The van der Waals surface area contributed by atoms with Crippen LogP contribution in [0.3, 0.4) is 0 Å². The van der Waals surface area contributed by atoms with Crippen LogP contribution in [0.15, 0.2) is 11.6 Å². The maximum Gasteiger partial charge on any atom is 0.334 e. The zero-order chi connectivity index (χ0) is 31.6. The number of aliphatic hydroxyl groups excluding tert-OH is 3. The van der Waals surface area contributed by atoms with Gasteiger partial charge in [-0.15, -0.1) is 0 Å². The topological polar surface area (TPSA) is 105 Å². The van der Waals surface area contributed by atoms with Gasteiger partial charge in [0.05, 0.1) is 42.7 Å². The van der Waals surface area contributed by atoms with Crippen LogP contribution < -0.4 is 0 Å². The number of carbonyl (C=O) groups is 1. The standard InChI is InChI=1S/C37H66O7/c1-3-4-5-6-7-11-14-17-20-31(39)33-22-24-35(43-33)36-25-23-34(44-36)32(40)21-18-15-12-9-8-10-13-16-19-30(38)27-29-26-28(2)42-37(29)41/h26,28,30-36,38-40H,3-25,27H2,1-2H3/t28-,30+,31-,32+,33+,34+,35-,36-/m0/s1. The Morgan fingerprint density at radius 2 is 1.09 bits per heavy atom. The third-order valence-electron chi connectivity index (χ3n) is 10.0. The summed E-state index contributed by atoms with van der Waals surface area (Å²) in [6, 6.07) is 0. The summed E-state index contributed by atoms with van der Waals surface area (Å²) in [5.74, 6) is -0.281. The van der Waals surface area contributed by atoms with Crippen LogP contribution in [0.1, 0.15) is 168 Å². The first-order chi connectivity index (χ1) is 21.4. The van der Waals surface area contributed by atoms with Crippen molar-refractivity contribution in [3.63, 3.8) is 0 Å². The zero-order valence-corrected chi connectivity index (χ0v) is 28.1. The molecule has 0 aromatic carbocycles. The van der Waals surface area contributed by atoms with Gasteiger partial charge in [-0.2, -0.15) is 0 Å². The van der Waals surface area contributed by atoms with E-state index in [1.165, 1.54) is 70.6 Å². The molecule has 0 amide bonds. The van der Waals surface area contributed by atoms with Crippen LogP contribution in [-0.4, -0.2) is 70.1 Å². The summed E-state index contributed by atoms with van der Waals surface area (Å²) in [6.45, 7) is 4.09. The van der Waals surface area contributed by atoms with Crippen LogP contribution in [-0.2, 0) is 19.0 Å². The lowest BCUT2D eigenvalue weighted by Gasteiger charge is -2.24. The molecule has 8 atom stereocenters. The molecule has 7 heteroatoms. The fraction of sp³-hybridized carbons (Fsp3) is 0.919. The maximum absolute atomic E-state index is 11.7. The van der Waals surface area contributed by atoms with Gasteiger partial charge >= 0.3 is 5.97 Å². The molecule has 3 aliphatic heterocycles. The summed E-state index contributed by atoms with van der Waals surface area (Å²) in [7, 11) is 0. The number of hydrogen-bond donors (Lipinski definition) is 3. The molecule has 2 saturated heterocycles. The molecule has 0 radical (unpaired) electrons. The van der Waals surface area contributed by atoms with E-state index in [1.807, 2.05) is 13.0 Å². The molecule has 256 valence electrons. The van der Waals surface area contributed by atoms with Gasteiger partial charge in [-0.3, -0.25) is 0 Å². The predicted octanol–water partition coefficient (Wildman–Crippen LogP) is 7.86. The Bertz CT molecular complexity index is 801. The molecular weight excluding hydrogens is 556 g/mol. The molecule has 0 aromatic rings. The van der Waals surface area contributed by atoms with Gasteiger partial charge in [0.15, 0.2) is 0 Å². The molecule has 7 nitrogen and oxygen atoms in total. The van der Waals surface area contributed by atoms with Gasteiger partial charge in [0.25, 0.3) is 0 Å². The van der Waals surface area contributed by atoms with Crippen LogP contribution in [0, 0.1) is 0 Å². The number of ether oxygens (including phenoxy) is 3. The van der Waals surface area contributed by atoms with Crippen LogP contribution in [0.4, 0.5) is 0 Å². The smallest absolute Gasteiger partial charge is 0.334 e. The lowest BCUT2D eigenvalue weighted by Crippen LogP contribution is -2.33. The van der Waals surface area contributed by atoms with E-state index >= 15 is 0 Å². The summed E-state index contributed by atoms with van der Waals surface area (Å²) < 4.78 is 17.7. The van der Waals surface area contributed by atoms with Crippen molar-refractivity contribution in [3.05, 3.63) is 11.6 Å². The van der Waals surface area contributed by atoms with Crippen molar-refractivity contribution in [1.82, 2.24) is 0 Å². The average molecular weight is 623 g/mol. The minimum atomic E-state index is -0.463. The molecule has 3 heterocycles. The SMILES string of the molecule is CCCCCCCCCC[C@H](O)[C@H]1CC[C@@H]([C@@H]2CC[C@H]([C@H](O)CCCCCCCCCC[C@@H](O)CC3=C[C@H](C)OC3=O)O2)O1. The van der Waals surface area contributed by atoms with Crippen molar-refractivity contribution >= 4 is 5.97 Å². The van der Waals surface area contributed by atoms with Crippen molar-refractivity contribution < 1.29 is 34.3 Å². The van der Waals surface area contributed by atoms with Crippen LogP contribution in [0.2, 0.25) is 0 Å². The number of unbranched alkanes of at least 4 members (excludes halogenated alkanes) is 14. The number of hydrogen-bond acceptors (Lipinski definition) is 7. The molecule has 0 spiro atoms. The number of aliphatic hydroxyl groups is 3. The lowest BCUT2D eigenvalue weighted by molar-refractivity contribution is -0.139. The third kappa shape index (κ3) is 14.2. The molecule has 2 fully saturated rings. The van der Waals surface area contributed by atoms with Crippen LogP contribution >= 0.6 is 0 Å². The van der Waals surface area contributed by atoms with Gasteiger partial charge < -0.3 is 29.5 Å². The Hall–Kier alpha value is -0.990. The molecule has 0 aliphatic carbocycles. The van der Waals surface area contributed by atoms with Crippen molar-refractivity contribution in [2.45, 2.75) is 217 Å². The van der Waals surface area contributed by atoms with Gasteiger partial charge in [-0.05, 0) is 57.9 Å². The molecular formula is C37H66O7. The summed E-state index contributed by atoms with van der Waals surface area (Å²) in [4.78, 5) is 11.7. The second-order valence-electron chi connectivity index (χ2n) is 14.0. The summed E-state index contributed by atoms with van der Waals surface area (Å²) in [6.07, 6.45) is 26.1. The van der Waals surface area contributed by atoms with Gasteiger partial charge in [0.1, 0.15) is 6.10 Å². The van der Waals surface area contributed by atoms with Gasteiger partial charge in [-0.1, -0.05) is 110 Å². The fourth-order valence-corrected chi connectivity index (χ4v) is 7.28. The normalized spacial score (nSPS) is 27.4. The van der Waals surface area contributed by atoms with Crippen molar-refractivity contribution in [1.29, 1.82) is 0 Å². The first-order valence-corrected chi connectivity index (χ1v) is 18.6. The van der Waals surface area contributed by atoms with E-state index in [9.17, 15) is 20.1 Å². The summed E-state index contributed by atoms with van der Waals surface area (Å²) in [5, 5.41) is 31.6. The molecule has 0 unspecified atom stereocenters. The Labute approximate surface area is 268 Å². The highest BCUT2D eigenvalue weighted by atomic mass is 16.6. The van der Waals surface area contributed by atoms with E-state index < -0.39 is 12.2 Å². The van der Waals surface area contributed by atoms with Crippen LogP contribution in [0.25, 0.3) is 0 Å². The van der Waals surface area contributed by atoms with Gasteiger partial charge in [-0.25, -0.2) is 4.79 Å². The number of rotatable bonds is 25. The highest BCUT2D eigenvalue weighted by Crippen LogP contribution is 2.34. The quantitative estimate of drug-likeness (QED) is 0.0703. The highest BCUT2D eigenvalue weighted by Gasteiger charge is 2.40. The second-order valence-corrected chi connectivity index (χ2v) is 14.0. The van der Waals surface area contributed by atoms with E-state index in [2.05, 4.69) is 6.92 Å². The first kappa shape index (κ1) is 37.5. The minimum absolute atomic E-state index is 0.0519. The average Bonchev–Trinajstić information content (AvgIpc) is 3.75. The van der Waals surface area contributed by atoms with E-state index in [4.69, 9.17) is 14.2 Å². The Kier molecular flexibility index (Phi) is 18.5. The molecule has 44 heavy (non-hydrogen) atoms. The monoisotopic (exact) mass is 622 g/mol. The van der Waals surface area contributed by atoms with Crippen molar-refractivity contribution in [2.24, 2.45) is 0 Å². The molecule has 3 aliphatic rings. The highest BCUT2D eigenvalue weighted by molar-refractivity contribution is 5.90. The summed E-state index contributed by atoms with van der Waals surface area (Å²) in [5.41, 5.74) is 0.617. The summed E-state index contributed by atoms with van der Waals surface area (Å²) >= 11 is 0. The van der Waals surface area contributed by atoms with Gasteiger partial charge in [0.2, 0.25) is 0 Å². The predicted molar refractivity (Wildman–Crippen MR) is 175 cm³/mol. The zero-order valence-electron chi connectivity index (χ0n) is 28.1. The number of esters is 1. The van der Waals surface area contributed by atoms with Crippen molar-refractivity contribution in [3.8, 4) is 0 Å². The van der Waals surface area contributed by atoms with E-state index in [0.29, 0.717) is 12.0 Å². The van der Waals surface area contributed by atoms with E-state index in [-0.39, 0.29) is 42.6 Å². The fourth-order valence-electron chi connectivity index (χ4n) is 7.28. The molecule has 0 bridgehead atoms. The molecule has 0 aromatic heterocycles. The minimum Gasteiger partial charge on any atom is -0.455 e. The largest absolute Gasteiger partial charge is 0.455 e. The third-order valence-corrected chi connectivity index (χ3v) is 10.0. The molecule has 0 saturated carbocycles. The maximum atomic E-state index is 11.7. The van der Waals surface area contributed by atoms with Crippen LogP contribution in [0.5, 0.6) is 0 Å². The van der Waals surface area contributed by atoms with E-state index in [1.54, 1.807) is 0 Å². The van der Waals surface area contributed by atoms with Gasteiger partial charge in [0, 0.05) is 12.0 Å². The number of carbonyl (C=O) groups excluding carboxylic acids is 1. The second kappa shape index (κ2) is 21.7. The lowest BCUT2D eigenvalue weighted by atomic mass is 10.00.